The van der Waals surface area contributed by atoms with Gasteiger partial charge in [-0.15, -0.1) is 0 Å². The molecule has 0 aliphatic carbocycles. The lowest BCUT2D eigenvalue weighted by molar-refractivity contribution is -0.0546. The zero-order chi connectivity index (χ0) is 15.8. The van der Waals surface area contributed by atoms with Crippen molar-refractivity contribution in [3.05, 3.63) is 33.1 Å². The quantitative estimate of drug-likeness (QED) is 0.371. The second kappa shape index (κ2) is 6.07. The van der Waals surface area contributed by atoms with E-state index in [1.807, 2.05) is 4.98 Å². The molecule has 0 bridgehead atoms. The van der Waals surface area contributed by atoms with Crippen LogP contribution in [0.3, 0.4) is 0 Å². The van der Waals surface area contributed by atoms with Gasteiger partial charge >= 0.3 is 12.4 Å². The van der Waals surface area contributed by atoms with Crippen molar-refractivity contribution in [1.29, 1.82) is 0 Å². The summed E-state index contributed by atoms with van der Waals surface area (Å²) in [5.41, 5.74) is -1.47. The number of aliphatic hydroxyl groups is 2. The normalized spacial score (nSPS) is 29.7. The van der Waals surface area contributed by atoms with Gasteiger partial charge in [0.05, 0.1) is 6.61 Å². The maximum absolute atomic E-state index is 11.7. The molecule has 4 atom stereocenters. The zero-order valence-electron chi connectivity index (χ0n) is 10.4. The third-order valence-corrected chi connectivity index (χ3v) is 3.65. The van der Waals surface area contributed by atoms with E-state index in [4.69, 9.17) is 19.0 Å². The van der Waals surface area contributed by atoms with Crippen molar-refractivity contribution in [2.45, 2.75) is 24.5 Å². The Morgan fingerprint density at radius 3 is 2.67 bits per heavy atom. The molecule has 0 amide bonds. The van der Waals surface area contributed by atoms with Crippen LogP contribution in [0.1, 0.15) is 6.23 Å². The van der Waals surface area contributed by atoms with E-state index in [2.05, 4.69) is 11.8 Å². The van der Waals surface area contributed by atoms with Crippen molar-refractivity contribution < 1.29 is 29.3 Å². The van der Waals surface area contributed by atoms with E-state index in [0.717, 1.165) is 16.8 Å². The lowest BCUT2D eigenvalue weighted by Crippen LogP contribution is -2.38. The van der Waals surface area contributed by atoms with Gasteiger partial charge in [0.2, 0.25) is 0 Å². The smallest absolute Gasteiger partial charge is 0.330 e. The molecular weight excluding hydrogens is 327 g/mol. The molecule has 118 valence electrons. The Morgan fingerprint density at radius 1 is 1.48 bits per heavy atom. The van der Waals surface area contributed by atoms with Gasteiger partial charge in [-0.1, -0.05) is 0 Å². The summed E-state index contributed by atoms with van der Waals surface area (Å²) in [5.74, 6) is 0. The summed E-state index contributed by atoms with van der Waals surface area (Å²) in [6, 6.07) is 1.04. The number of rotatable bonds is 4. The van der Waals surface area contributed by atoms with Crippen LogP contribution in [0.25, 0.3) is 0 Å². The van der Waals surface area contributed by atoms with Crippen molar-refractivity contribution in [3.8, 4) is 0 Å². The fourth-order valence-electron chi connectivity index (χ4n) is 2.01. The summed E-state index contributed by atoms with van der Waals surface area (Å²) in [7, 11) is 0. The Balaban J connectivity index is 2.33. The number of hydrogen-bond donors (Lipinski definition) is 5. The molecule has 0 aromatic carbocycles. The molecule has 1 fully saturated rings. The lowest BCUT2D eigenvalue weighted by atomic mass is 10.1. The highest BCUT2D eigenvalue weighted by Crippen LogP contribution is 2.43. The largest absolute Gasteiger partial charge is 0.394 e. The van der Waals surface area contributed by atoms with E-state index in [0.29, 0.717) is 0 Å². The van der Waals surface area contributed by atoms with Crippen LogP contribution in [0.4, 0.5) is 0 Å². The van der Waals surface area contributed by atoms with Gasteiger partial charge in [-0.2, -0.15) is 0 Å². The molecule has 1 aliphatic heterocycles. The van der Waals surface area contributed by atoms with Crippen molar-refractivity contribution in [2.24, 2.45) is 0 Å². The molecule has 5 N–H and O–H groups in total. The summed E-state index contributed by atoms with van der Waals surface area (Å²) in [5, 5.41) is 19.3. The Labute approximate surface area is 122 Å². The summed E-state index contributed by atoms with van der Waals surface area (Å²) < 4.78 is 10.9. The monoisotopic (exact) mass is 340 g/mol. The maximum Gasteiger partial charge on any atom is 0.330 e. The molecule has 0 radical (unpaired) electrons. The Bertz CT molecular complexity index is 668. The van der Waals surface area contributed by atoms with Crippen LogP contribution >= 0.6 is 6.72 Å². The Morgan fingerprint density at radius 2 is 2.14 bits per heavy atom. The number of ether oxygens (including phenoxy) is 1. The fourth-order valence-corrected chi connectivity index (χ4v) is 2.89. The number of hydrogen-bond acceptors (Lipinski definition) is 7. The van der Waals surface area contributed by atoms with Crippen LogP contribution in [0.5, 0.6) is 0 Å². The van der Waals surface area contributed by atoms with Crippen LogP contribution in [-0.4, -0.2) is 54.5 Å². The number of aliphatic hydroxyl groups excluding tert-OH is 2. The second-order valence-electron chi connectivity index (χ2n) is 4.32. The van der Waals surface area contributed by atoms with Gasteiger partial charge in [-0.3, -0.25) is 18.9 Å². The van der Waals surface area contributed by atoms with Crippen LogP contribution in [0.2, 0.25) is 0 Å². The number of aromatic nitrogens is 2. The first-order valence-electron chi connectivity index (χ1n) is 5.73. The van der Waals surface area contributed by atoms with Crippen LogP contribution in [0.15, 0.2) is 21.9 Å². The van der Waals surface area contributed by atoms with Crippen molar-refractivity contribution >= 4 is 18.5 Å². The average molecular weight is 340 g/mol. The highest BCUT2D eigenvalue weighted by atomic mass is 32.5. The van der Waals surface area contributed by atoms with Crippen molar-refractivity contribution in [2.75, 3.05) is 6.61 Å². The van der Waals surface area contributed by atoms with Crippen LogP contribution < -0.4 is 11.2 Å². The maximum atomic E-state index is 11.7. The highest BCUT2D eigenvalue weighted by molar-refractivity contribution is 8.06. The predicted molar refractivity (Wildman–Crippen MR) is 71.9 cm³/mol. The predicted octanol–water partition coefficient (Wildman–Crippen LogP) is -2.62. The molecule has 1 aromatic rings. The molecule has 12 heteroatoms. The van der Waals surface area contributed by atoms with Crippen molar-refractivity contribution in [1.82, 2.24) is 9.55 Å². The van der Waals surface area contributed by atoms with Crippen LogP contribution in [-0.2, 0) is 21.1 Å². The van der Waals surface area contributed by atoms with Gasteiger partial charge in [-0.05, 0) is 11.8 Å². The number of nitrogens with one attached hydrogen (secondary N) is 1. The standard InChI is InChI=1S/C9H13N2O8PS/c12-3-4-7(19-20(16,17)21)6(14)8(18-4)11-2-1-5(13)10-9(11)15/h1-2,4,6-8,12,14H,3H2,(H,10,13,15)(H2,16,17,21)/t4-,6-,7-,8-/m1/s1. The molecule has 0 unspecified atom stereocenters. The van der Waals surface area contributed by atoms with Gasteiger partial charge in [0.1, 0.15) is 18.3 Å². The first-order chi connectivity index (χ1) is 9.73. The van der Waals surface area contributed by atoms with E-state index in [-0.39, 0.29) is 0 Å². The molecule has 0 saturated carbocycles. The number of H-pyrrole nitrogens is 1. The zero-order valence-corrected chi connectivity index (χ0v) is 12.1. The molecule has 21 heavy (non-hydrogen) atoms. The summed E-state index contributed by atoms with van der Waals surface area (Å²) in [6.45, 7) is -4.71. The van der Waals surface area contributed by atoms with Crippen LogP contribution in [0, 0.1) is 0 Å². The van der Waals surface area contributed by atoms with E-state index in [9.17, 15) is 19.8 Å². The molecule has 1 aliphatic rings. The van der Waals surface area contributed by atoms with E-state index in [1.165, 1.54) is 0 Å². The first-order valence-corrected chi connectivity index (χ1v) is 8.35. The molecule has 1 saturated heterocycles. The second-order valence-corrected chi connectivity index (χ2v) is 6.94. The molecule has 2 heterocycles. The average Bonchev–Trinajstić information content (AvgIpc) is 2.65. The first kappa shape index (κ1) is 16.5. The Hall–Kier alpha value is -0.910. The number of aromatic amines is 1. The molecule has 1 aromatic heterocycles. The molecular formula is C9H13N2O8PS. The minimum Gasteiger partial charge on any atom is -0.394 e. The lowest BCUT2D eigenvalue weighted by Gasteiger charge is -2.21. The van der Waals surface area contributed by atoms with Crippen molar-refractivity contribution in [3.63, 3.8) is 0 Å². The third-order valence-electron chi connectivity index (χ3n) is 2.87. The summed E-state index contributed by atoms with van der Waals surface area (Å²) in [4.78, 5) is 42.9. The van der Waals surface area contributed by atoms with E-state index in [1.54, 1.807) is 0 Å². The fraction of sp³-hybridized carbons (Fsp3) is 0.556. The van der Waals surface area contributed by atoms with Gasteiger partial charge in [0.25, 0.3) is 5.56 Å². The van der Waals surface area contributed by atoms with E-state index >= 15 is 0 Å². The molecule has 0 spiro atoms. The minimum atomic E-state index is -4.10. The third kappa shape index (κ3) is 3.65. The van der Waals surface area contributed by atoms with Gasteiger partial charge < -0.3 is 24.7 Å². The van der Waals surface area contributed by atoms with E-state index < -0.39 is 49.1 Å². The van der Waals surface area contributed by atoms with Gasteiger partial charge in [-0.25, -0.2) is 4.79 Å². The minimum absolute atomic E-state index is 0.605. The summed E-state index contributed by atoms with van der Waals surface area (Å²) in [6.07, 6.45) is -4.14. The van der Waals surface area contributed by atoms with Gasteiger partial charge in [0, 0.05) is 12.3 Å². The Kier molecular flexibility index (Phi) is 4.76. The highest BCUT2D eigenvalue weighted by Gasteiger charge is 2.47. The summed E-state index contributed by atoms with van der Waals surface area (Å²) >= 11 is 4.31. The SMILES string of the molecule is O=c1ccn([C@@H]2O[C@H](CO)[C@@H](OP(O)(O)=S)[C@H]2O)c(=O)[nH]1. The molecule has 2 rings (SSSR count). The van der Waals surface area contributed by atoms with Gasteiger partial charge in [0.15, 0.2) is 6.23 Å². The topological polar surface area (TPSA) is 154 Å². The number of nitrogens with zero attached hydrogens (tertiary/aromatic N) is 1. The molecule has 10 nitrogen and oxygen atoms in total.